The zero-order chi connectivity index (χ0) is 23.1. The second kappa shape index (κ2) is 8.19. The van der Waals surface area contributed by atoms with Crippen molar-refractivity contribution in [2.24, 2.45) is 0 Å². The van der Waals surface area contributed by atoms with E-state index in [1.54, 1.807) is 6.07 Å². The molecule has 0 aliphatic carbocycles. The van der Waals surface area contributed by atoms with Crippen molar-refractivity contribution in [3.8, 4) is 39.8 Å². The smallest absolute Gasteiger partial charge is 0.227 e. The zero-order valence-corrected chi connectivity index (χ0v) is 18.8. The van der Waals surface area contributed by atoms with E-state index >= 15 is 0 Å². The number of halogens is 1. The molecule has 0 unspecified atom stereocenters. The molecule has 0 amide bonds. The fraction of sp³-hybridized carbons (Fsp3) is 0. The van der Waals surface area contributed by atoms with Gasteiger partial charge >= 0.3 is 0 Å². The molecular weight excluding hydrogens is 440 g/mol. The number of para-hydroxylation sites is 2. The van der Waals surface area contributed by atoms with Gasteiger partial charge in [-0.2, -0.15) is 5.26 Å². The first-order valence-corrected chi connectivity index (χ1v) is 11.3. The fourth-order valence-electron chi connectivity index (χ4n) is 4.49. The Morgan fingerprint density at radius 2 is 1.44 bits per heavy atom. The van der Waals surface area contributed by atoms with Crippen LogP contribution >= 0.6 is 11.6 Å². The average molecular weight is 457 g/mol. The Morgan fingerprint density at radius 3 is 2.26 bits per heavy atom. The molecule has 0 radical (unpaired) electrons. The molecule has 1 aromatic heterocycles. The van der Waals surface area contributed by atoms with Crippen LogP contribution in [0.5, 0.6) is 0 Å². The average Bonchev–Trinajstić information content (AvgIpc) is 3.32. The predicted molar refractivity (Wildman–Crippen MR) is 138 cm³/mol. The van der Waals surface area contributed by atoms with Gasteiger partial charge in [-0.3, -0.25) is 0 Å². The molecule has 5 aromatic carbocycles. The number of nitrogens with zero attached hydrogens (tertiary/aromatic N) is 2. The van der Waals surface area contributed by atoms with Crippen LogP contribution in [-0.2, 0) is 0 Å². The first kappa shape index (κ1) is 20.2. The van der Waals surface area contributed by atoms with E-state index in [9.17, 15) is 5.26 Å². The van der Waals surface area contributed by atoms with Crippen LogP contribution in [0, 0.1) is 11.3 Å². The standard InChI is InChI=1S/C30H17ClN2O/c31-26-12-6-11-24(29(26)20-8-5-7-19(17-20)18-32)23-15-16-25(22-10-2-1-9-21(22)23)30-33-27-13-3-4-14-28(27)34-30/h1-17H. The minimum absolute atomic E-state index is 0.594. The molecule has 0 atom stereocenters. The predicted octanol–water partition coefficient (Wildman–Crippen LogP) is 8.51. The van der Waals surface area contributed by atoms with Gasteiger partial charge in [-0.1, -0.05) is 78.3 Å². The highest BCUT2D eigenvalue weighted by atomic mass is 35.5. The maximum absolute atomic E-state index is 9.40. The van der Waals surface area contributed by atoms with E-state index in [2.05, 4.69) is 36.4 Å². The number of hydrogen-bond donors (Lipinski definition) is 0. The molecule has 6 aromatic rings. The summed E-state index contributed by atoms with van der Waals surface area (Å²) in [5.74, 6) is 0.594. The lowest BCUT2D eigenvalue weighted by Gasteiger charge is -2.15. The lowest BCUT2D eigenvalue weighted by molar-refractivity contribution is 0.620. The Balaban J connectivity index is 1.60. The minimum Gasteiger partial charge on any atom is -0.436 e. The third-order valence-electron chi connectivity index (χ3n) is 6.03. The van der Waals surface area contributed by atoms with Gasteiger partial charge in [-0.05, 0) is 63.9 Å². The van der Waals surface area contributed by atoms with Crippen LogP contribution in [0.2, 0.25) is 5.02 Å². The molecule has 1 heterocycles. The van der Waals surface area contributed by atoms with E-state index in [0.29, 0.717) is 16.5 Å². The first-order chi connectivity index (χ1) is 16.7. The normalized spacial score (nSPS) is 11.1. The van der Waals surface area contributed by atoms with Crippen LogP contribution in [0.25, 0.3) is 55.6 Å². The van der Waals surface area contributed by atoms with Gasteiger partial charge in [0.05, 0.1) is 11.6 Å². The third kappa shape index (κ3) is 3.33. The summed E-state index contributed by atoms with van der Waals surface area (Å²) < 4.78 is 6.08. The molecule has 0 aliphatic rings. The van der Waals surface area contributed by atoms with E-state index < -0.39 is 0 Å². The van der Waals surface area contributed by atoms with Crippen molar-refractivity contribution in [1.29, 1.82) is 5.26 Å². The van der Waals surface area contributed by atoms with E-state index in [-0.39, 0.29) is 0 Å². The Kier molecular flexibility index (Phi) is 4.87. The van der Waals surface area contributed by atoms with E-state index in [0.717, 1.165) is 49.7 Å². The largest absolute Gasteiger partial charge is 0.436 e. The van der Waals surface area contributed by atoms with Crippen molar-refractivity contribution >= 4 is 33.5 Å². The van der Waals surface area contributed by atoms with Gasteiger partial charge in [0, 0.05) is 16.1 Å². The Labute approximate surface area is 201 Å². The highest BCUT2D eigenvalue weighted by Gasteiger charge is 2.17. The van der Waals surface area contributed by atoms with Gasteiger partial charge in [-0.25, -0.2) is 4.98 Å². The summed E-state index contributed by atoms with van der Waals surface area (Å²) in [4.78, 5) is 4.72. The summed E-state index contributed by atoms with van der Waals surface area (Å²) in [5, 5.41) is 12.2. The molecule has 0 bridgehead atoms. The Morgan fingerprint density at radius 1 is 0.706 bits per heavy atom. The number of hydrogen-bond acceptors (Lipinski definition) is 3. The van der Waals surface area contributed by atoms with Crippen LogP contribution < -0.4 is 0 Å². The molecule has 0 aliphatic heterocycles. The van der Waals surface area contributed by atoms with Crippen molar-refractivity contribution in [3.63, 3.8) is 0 Å². The minimum atomic E-state index is 0.594. The number of rotatable bonds is 3. The molecule has 3 nitrogen and oxygen atoms in total. The molecule has 0 saturated carbocycles. The topological polar surface area (TPSA) is 49.8 Å². The van der Waals surface area contributed by atoms with Crippen LogP contribution in [-0.4, -0.2) is 4.98 Å². The van der Waals surface area contributed by atoms with E-state index in [1.807, 2.05) is 66.7 Å². The maximum Gasteiger partial charge on any atom is 0.227 e. The molecule has 0 fully saturated rings. The molecule has 34 heavy (non-hydrogen) atoms. The highest BCUT2D eigenvalue weighted by molar-refractivity contribution is 6.34. The van der Waals surface area contributed by atoms with E-state index in [1.165, 1.54) is 0 Å². The van der Waals surface area contributed by atoms with Gasteiger partial charge < -0.3 is 4.42 Å². The van der Waals surface area contributed by atoms with Crippen LogP contribution in [0.1, 0.15) is 5.56 Å². The summed E-state index contributed by atoms with van der Waals surface area (Å²) in [5.41, 5.74) is 7.00. The number of fused-ring (bicyclic) bond motifs is 2. The molecule has 0 saturated heterocycles. The van der Waals surface area contributed by atoms with Crippen molar-refractivity contribution in [3.05, 3.63) is 114 Å². The van der Waals surface area contributed by atoms with Crippen molar-refractivity contribution < 1.29 is 4.42 Å². The lowest BCUT2D eigenvalue weighted by atomic mass is 9.89. The second-order valence-electron chi connectivity index (χ2n) is 8.05. The molecule has 4 heteroatoms. The second-order valence-corrected chi connectivity index (χ2v) is 8.46. The Hall–Kier alpha value is -4.39. The van der Waals surface area contributed by atoms with Gasteiger partial charge in [0.1, 0.15) is 5.52 Å². The SMILES string of the molecule is N#Cc1cccc(-c2c(Cl)cccc2-c2ccc(-c3nc4ccccc4o3)c3ccccc23)c1. The number of benzene rings is 5. The summed E-state index contributed by atoms with van der Waals surface area (Å²) in [6.07, 6.45) is 0. The zero-order valence-electron chi connectivity index (χ0n) is 18.0. The Bertz CT molecular complexity index is 1710. The van der Waals surface area contributed by atoms with Gasteiger partial charge in [-0.15, -0.1) is 0 Å². The fourth-order valence-corrected chi connectivity index (χ4v) is 4.78. The maximum atomic E-state index is 9.40. The molecule has 0 spiro atoms. The molecule has 160 valence electrons. The molecule has 0 N–H and O–H groups in total. The van der Waals surface area contributed by atoms with Gasteiger partial charge in [0.15, 0.2) is 5.58 Å². The summed E-state index contributed by atoms with van der Waals surface area (Å²) in [6.45, 7) is 0. The van der Waals surface area contributed by atoms with Crippen LogP contribution in [0.15, 0.2) is 108 Å². The van der Waals surface area contributed by atoms with Crippen molar-refractivity contribution in [1.82, 2.24) is 4.98 Å². The summed E-state index contributed by atoms with van der Waals surface area (Å²) in [6, 6.07) is 35.8. The lowest BCUT2D eigenvalue weighted by Crippen LogP contribution is -1.90. The van der Waals surface area contributed by atoms with Crippen molar-refractivity contribution in [2.45, 2.75) is 0 Å². The molecule has 6 rings (SSSR count). The van der Waals surface area contributed by atoms with Crippen LogP contribution in [0.3, 0.4) is 0 Å². The van der Waals surface area contributed by atoms with E-state index in [4.69, 9.17) is 21.0 Å². The quantitative estimate of drug-likeness (QED) is 0.268. The summed E-state index contributed by atoms with van der Waals surface area (Å²) in [7, 11) is 0. The summed E-state index contributed by atoms with van der Waals surface area (Å²) >= 11 is 6.72. The number of oxazole rings is 1. The number of aromatic nitrogens is 1. The van der Waals surface area contributed by atoms with Gasteiger partial charge in [0.2, 0.25) is 5.89 Å². The first-order valence-electron chi connectivity index (χ1n) is 10.9. The monoisotopic (exact) mass is 456 g/mol. The third-order valence-corrected chi connectivity index (χ3v) is 6.35. The van der Waals surface area contributed by atoms with Crippen molar-refractivity contribution in [2.75, 3.05) is 0 Å². The van der Waals surface area contributed by atoms with Crippen LogP contribution in [0.4, 0.5) is 0 Å². The highest BCUT2D eigenvalue weighted by Crippen LogP contribution is 2.42. The molecular formula is C30H17ClN2O. The van der Waals surface area contributed by atoms with Gasteiger partial charge in [0.25, 0.3) is 0 Å². The number of nitriles is 1.